The third kappa shape index (κ3) is 7.98. The number of likely N-dealkylation sites (N-methyl/N-ethyl adjacent to an activating group) is 1. The van der Waals surface area contributed by atoms with Crippen molar-refractivity contribution in [3.8, 4) is 0 Å². The number of ether oxygens (including phenoxy) is 1. The van der Waals surface area contributed by atoms with Crippen LogP contribution in [-0.4, -0.2) is 54.4 Å². The van der Waals surface area contributed by atoms with E-state index in [1.54, 1.807) is 42.3 Å². The van der Waals surface area contributed by atoms with Crippen molar-refractivity contribution in [1.82, 2.24) is 10.2 Å². The quantitative estimate of drug-likeness (QED) is 0.523. The van der Waals surface area contributed by atoms with Gasteiger partial charge in [0.1, 0.15) is 6.04 Å². The van der Waals surface area contributed by atoms with Gasteiger partial charge < -0.3 is 15.0 Å². The van der Waals surface area contributed by atoms with Gasteiger partial charge >= 0.3 is 5.97 Å². The van der Waals surface area contributed by atoms with Gasteiger partial charge in [-0.25, -0.2) is 4.79 Å². The molecule has 0 fully saturated rings. The maximum Gasteiger partial charge on any atom is 0.329 e. The molecule has 174 valence electrons. The highest BCUT2D eigenvalue weighted by Crippen LogP contribution is 2.22. The summed E-state index contributed by atoms with van der Waals surface area (Å²) in [5, 5.41) is 4.71. The molecule has 8 heteroatoms. The number of hydrogen-bond acceptors (Lipinski definition) is 6. The van der Waals surface area contributed by atoms with Gasteiger partial charge in [-0.05, 0) is 53.0 Å². The molecule has 0 saturated carbocycles. The molecular weight excluding hydrogens is 444 g/mol. The van der Waals surface area contributed by atoms with E-state index in [1.807, 2.05) is 35.9 Å². The van der Waals surface area contributed by atoms with Crippen LogP contribution in [0.1, 0.15) is 48.0 Å². The van der Waals surface area contributed by atoms with Crippen LogP contribution in [0.15, 0.2) is 41.8 Å². The molecule has 1 heterocycles. The number of thiophene rings is 1. The molecule has 2 rings (SSSR count). The molecule has 0 aliphatic heterocycles. The Kier molecular flexibility index (Phi) is 9.78. The zero-order valence-electron chi connectivity index (χ0n) is 19.3. The van der Waals surface area contributed by atoms with Crippen LogP contribution in [-0.2, 0) is 26.3 Å². The van der Waals surface area contributed by atoms with Gasteiger partial charge in [-0.1, -0.05) is 39.0 Å². The summed E-state index contributed by atoms with van der Waals surface area (Å²) in [5.74, 6) is -0.555. The summed E-state index contributed by atoms with van der Waals surface area (Å²) in [6.07, 6.45) is 2.35. The molecule has 0 radical (unpaired) electrons. The smallest absolute Gasteiger partial charge is 0.329 e. The molecule has 0 spiro atoms. The van der Waals surface area contributed by atoms with Gasteiger partial charge in [0.15, 0.2) is 6.61 Å². The molecule has 0 aliphatic rings. The van der Waals surface area contributed by atoms with Gasteiger partial charge in [-0.15, -0.1) is 11.3 Å². The van der Waals surface area contributed by atoms with E-state index in [9.17, 15) is 14.4 Å². The monoisotopic (exact) mass is 476 g/mol. The van der Waals surface area contributed by atoms with Crippen molar-refractivity contribution in [2.75, 3.05) is 25.7 Å². The Hall–Kier alpha value is -2.32. The highest BCUT2D eigenvalue weighted by atomic mass is 32.2. The van der Waals surface area contributed by atoms with Crippen LogP contribution in [0.2, 0.25) is 0 Å². The summed E-state index contributed by atoms with van der Waals surface area (Å²) >= 11 is 3.14. The van der Waals surface area contributed by atoms with E-state index in [0.29, 0.717) is 24.3 Å². The van der Waals surface area contributed by atoms with Gasteiger partial charge in [-0.2, -0.15) is 11.8 Å². The summed E-state index contributed by atoms with van der Waals surface area (Å²) in [7, 11) is 1.67. The highest BCUT2D eigenvalue weighted by molar-refractivity contribution is 7.98. The molecule has 1 aromatic heterocycles. The number of benzene rings is 1. The van der Waals surface area contributed by atoms with Crippen LogP contribution in [0.3, 0.4) is 0 Å². The Bertz CT molecular complexity index is 890. The number of amides is 2. The van der Waals surface area contributed by atoms with Crippen LogP contribution in [0.4, 0.5) is 0 Å². The summed E-state index contributed by atoms with van der Waals surface area (Å²) in [4.78, 5) is 40.2. The molecule has 32 heavy (non-hydrogen) atoms. The third-order valence-corrected chi connectivity index (χ3v) is 6.46. The van der Waals surface area contributed by atoms with Crippen LogP contribution < -0.4 is 5.32 Å². The largest absolute Gasteiger partial charge is 0.454 e. The molecule has 0 bridgehead atoms. The van der Waals surface area contributed by atoms with E-state index in [4.69, 9.17) is 4.74 Å². The van der Waals surface area contributed by atoms with Crippen molar-refractivity contribution >= 4 is 40.9 Å². The van der Waals surface area contributed by atoms with Crippen molar-refractivity contribution in [3.05, 3.63) is 57.8 Å². The minimum absolute atomic E-state index is 0.0110. The number of thioether (sulfide) groups is 1. The minimum Gasteiger partial charge on any atom is -0.454 e. The molecule has 0 saturated heterocycles. The lowest BCUT2D eigenvalue weighted by molar-refractivity contribution is -0.153. The van der Waals surface area contributed by atoms with Crippen LogP contribution in [0.5, 0.6) is 0 Å². The van der Waals surface area contributed by atoms with Gasteiger partial charge in [-0.3, -0.25) is 9.59 Å². The molecule has 0 aliphatic carbocycles. The fourth-order valence-electron chi connectivity index (χ4n) is 2.92. The van der Waals surface area contributed by atoms with Crippen LogP contribution in [0, 0.1) is 0 Å². The van der Waals surface area contributed by atoms with Gasteiger partial charge in [0.25, 0.3) is 11.8 Å². The first kappa shape index (κ1) is 25.9. The number of esters is 1. The zero-order chi connectivity index (χ0) is 23.7. The molecule has 1 atom stereocenters. The van der Waals surface area contributed by atoms with E-state index >= 15 is 0 Å². The van der Waals surface area contributed by atoms with Gasteiger partial charge in [0.05, 0.1) is 6.54 Å². The first-order valence-corrected chi connectivity index (χ1v) is 12.7. The molecule has 2 aromatic rings. The molecule has 1 aromatic carbocycles. The number of nitrogens with one attached hydrogen (secondary N) is 1. The second-order valence-corrected chi connectivity index (χ2v) is 10.6. The number of rotatable bonds is 10. The van der Waals surface area contributed by atoms with Crippen LogP contribution in [0.25, 0.3) is 0 Å². The number of carbonyl (C=O) groups excluding carboxylic acids is 3. The summed E-state index contributed by atoms with van der Waals surface area (Å²) in [5.41, 5.74) is 1.59. The fraction of sp³-hybridized carbons (Fsp3) is 0.458. The Labute approximate surface area is 198 Å². The van der Waals surface area contributed by atoms with E-state index in [1.165, 1.54) is 4.90 Å². The molecule has 2 amide bonds. The molecule has 1 N–H and O–H groups in total. The number of nitrogens with zero attached hydrogens (tertiary/aromatic N) is 1. The predicted molar refractivity (Wildman–Crippen MR) is 131 cm³/mol. The molecule has 1 unspecified atom stereocenters. The van der Waals surface area contributed by atoms with Gasteiger partial charge in [0, 0.05) is 17.5 Å². The highest BCUT2D eigenvalue weighted by Gasteiger charge is 2.24. The summed E-state index contributed by atoms with van der Waals surface area (Å²) < 4.78 is 5.25. The molecular formula is C24H32N2O4S2. The normalized spacial score (nSPS) is 12.2. The van der Waals surface area contributed by atoms with E-state index in [0.717, 1.165) is 10.4 Å². The zero-order valence-corrected chi connectivity index (χ0v) is 21.0. The second-order valence-electron chi connectivity index (χ2n) is 8.57. The average Bonchev–Trinajstić information content (AvgIpc) is 3.26. The van der Waals surface area contributed by atoms with E-state index in [2.05, 4.69) is 26.1 Å². The van der Waals surface area contributed by atoms with E-state index < -0.39 is 12.0 Å². The lowest BCUT2D eigenvalue weighted by Gasteiger charge is -2.20. The van der Waals surface area contributed by atoms with Crippen molar-refractivity contribution in [3.63, 3.8) is 0 Å². The summed E-state index contributed by atoms with van der Waals surface area (Å²) in [6, 6.07) is 10.4. The van der Waals surface area contributed by atoms with Gasteiger partial charge in [0.2, 0.25) is 0 Å². The van der Waals surface area contributed by atoms with E-state index in [-0.39, 0.29) is 23.8 Å². The minimum atomic E-state index is -0.812. The topological polar surface area (TPSA) is 75.7 Å². The number of carbonyl (C=O) groups is 3. The summed E-state index contributed by atoms with van der Waals surface area (Å²) in [6.45, 7) is 6.43. The Balaban J connectivity index is 1.95. The Morgan fingerprint density at radius 3 is 2.41 bits per heavy atom. The Morgan fingerprint density at radius 1 is 1.16 bits per heavy atom. The van der Waals surface area contributed by atoms with Crippen LogP contribution >= 0.6 is 23.1 Å². The average molecular weight is 477 g/mol. The first-order valence-electron chi connectivity index (χ1n) is 10.4. The number of hydrogen-bond donors (Lipinski definition) is 1. The van der Waals surface area contributed by atoms with Crippen molar-refractivity contribution in [2.24, 2.45) is 0 Å². The molecule has 6 nitrogen and oxygen atoms in total. The first-order chi connectivity index (χ1) is 15.1. The second kappa shape index (κ2) is 12.1. The Morgan fingerprint density at radius 2 is 1.84 bits per heavy atom. The SMILES string of the molecule is CSCCC(NC(=O)c1ccc(C(C)(C)C)cc1)C(=O)OCC(=O)N(C)Cc1cccs1. The van der Waals surface area contributed by atoms with Crippen molar-refractivity contribution < 1.29 is 19.1 Å². The third-order valence-electron chi connectivity index (χ3n) is 4.95. The van der Waals surface area contributed by atoms with Crippen molar-refractivity contribution in [1.29, 1.82) is 0 Å². The standard InChI is InChI=1S/C24H32N2O4S2/c1-24(2,3)18-10-8-17(9-11-18)22(28)25-20(12-14-31-5)23(29)30-16-21(27)26(4)15-19-7-6-13-32-19/h6-11,13,20H,12,14-16H2,1-5H3,(H,25,28). The van der Waals surface area contributed by atoms with Crippen molar-refractivity contribution in [2.45, 2.75) is 45.2 Å². The lowest BCUT2D eigenvalue weighted by Crippen LogP contribution is -2.43. The maximum atomic E-state index is 12.7. The fourth-order valence-corrected chi connectivity index (χ4v) is 4.14. The lowest BCUT2D eigenvalue weighted by atomic mass is 9.86. The predicted octanol–water partition coefficient (Wildman–Crippen LogP) is 4.10. The maximum absolute atomic E-state index is 12.7.